The maximum absolute atomic E-state index is 9.90. The molecule has 0 saturated carbocycles. The number of nitrogens with one attached hydrogen (secondary N) is 1. The maximum Gasteiger partial charge on any atom is 0.296 e. The van der Waals surface area contributed by atoms with Gasteiger partial charge in [0.25, 0.3) is 6.01 Å². The number of benzene rings is 1. The Morgan fingerprint density at radius 2 is 1.88 bits per heavy atom. The highest BCUT2D eigenvalue weighted by Gasteiger charge is 2.48. The Kier molecular flexibility index (Phi) is 5.12. The van der Waals surface area contributed by atoms with Crippen LogP contribution in [0.25, 0.3) is 28.0 Å². The molecule has 2 saturated heterocycles. The summed E-state index contributed by atoms with van der Waals surface area (Å²) in [6, 6.07) is 10.3. The van der Waals surface area contributed by atoms with Gasteiger partial charge < -0.3 is 29.0 Å². The molecule has 4 atom stereocenters. The van der Waals surface area contributed by atoms with Crippen LogP contribution in [0.1, 0.15) is 12.0 Å². The fourth-order valence-corrected chi connectivity index (χ4v) is 4.73. The van der Waals surface area contributed by atoms with Gasteiger partial charge in [0.1, 0.15) is 18.3 Å². The number of aliphatic hydroxyl groups excluding tert-OH is 1. The zero-order valence-corrected chi connectivity index (χ0v) is 17.9. The molecule has 3 aromatic rings. The molecule has 1 aromatic carbocycles. The van der Waals surface area contributed by atoms with Crippen molar-refractivity contribution in [3.05, 3.63) is 47.0 Å². The average molecular weight is 456 g/mol. The first kappa shape index (κ1) is 20.1. The first-order valence-corrected chi connectivity index (χ1v) is 11.1. The standard InChI is InChI=1S/C23H22ClN3O5/c24-15-9-16-22(27-23(25-16)32-18-11-31-20-17(28)10-30-21(18)20)26-19(15)14-3-1-12(2-4-14)13-5-7-29-8-6-13/h1-5,9,17-18,20-21,28H,6-8,10-11H2,(H,25,26,27)/t17-,18-,20?,21-/m1/s1. The van der Waals surface area contributed by atoms with E-state index in [1.807, 2.05) is 12.1 Å². The summed E-state index contributed by atoms with van der Waals surface area (Å²) in [6.07, 6.45) is 1.40. The number of aromatic amines is 1. The molecular weight excluding hydrogens is 434 g/mol. The van der Waals surface area contributed by atoms with Crippen molar-refractivity contribution in [3.8, 4) is 17.3 Å². The van der Waals surface area contributed by atoms with Crippen LogP contribution in [0, 0.1) is 0 Å². The smallest absolute Gasteiger partial charge is 0.296 e. The summed E-state index contributed by atoms with van der Waals surface area (Å²) in [7, 11) is 0. The Bertz CT molecular complexity index is 1180. The lowest BCUT2D eigenvalue weighted by Gasteiger charge is -2.15. The third kappa shape index (κ3) is 3.58. The molecule has 5 heterocycles. The first-order valence-electron chi connectivity index (χ1n) is 10.7. The van der Waals surface area contributed by atoms with Gasteiger partial charge in [0.2, 0.25) is 0 Å². The van der Waals surface area contributed by atoms with E-state index < -0.39 is 6.10 Å². The van der Waals surface area contributed by atoms with Crippen LogP contribution in [0.5, 0.6) is 6.01 Å². The van der Waals surface area contributed by atoms with E-state index in [0.717, 1.165) is 18.6 Å². The van der Waals surface area contributed by atoms with Gasteiger partial charge in [-0.25, -0.2) is 4.98 Å². The normalized spacial score (nSPS) is 27.5. The van der Waals surface area contributed by atoms with E-state index in [4.69, 9.17) is 30.5 Å². The quantitative estimate of drug-likeness (QED) is 0.624. The summed E-state index contributed by atoms with van der Waals surface area (Å²) < 4.78 is 22.6. The summed E-state index contributed by atoms with van der Waals surface area (Å²) in [4.78, 5) is 12.3. The van der Waals surface area contributed by atoms with Crippen LogP contribution in [0.3, 0.4) is 0 Å². The number of fused-ring (bicyclic) bond motifs is 2. The Morgan fingerprint density at radius 3 is 2.69 bits per heavy atom. The van der Waals surface area contributed by atoms with Crippen molar-refractivity contribution in [2.75, 3.05) is 26.4 Å². The van der Waals surface area contributed by atoms with Crippen molar-refractivity contribution in [2.24, 2.45) is 0 Å². The lowest BCUT2D eigenvalue weighted by atomic mass is 9.99. The van der Waals surface area contributed by atoms with Gasteiger partial charge in [-0.1, -0.05) is 41.9 Å². The second-order valence-electron chi connectivity index (χ2n) is 8.18. The fraction of sp³-hybridized carbons (Fsp3) is 0.391. The van der Waals surface area contributed by atoms with E-state index >= 15 is 0 Å². The molecule has 6 rings (SSSR count). The van der Waals surface area contributed by atoms with Gasteiger partial charge in [-0.15, -0.1) is 0 Å². The molecule has 3 aliphatic rings. The molecule has 0 amide bonds. The monoisotopic (exact) mass is 455 g/mol. The largest absolute Gasteiger partial charge is 0.456 e. The van der Waals surface area contributed by atoms with Crippen LogP contribution in [0.2, 0.25) is 5.02 Å². The molecule has 3 aliphatic heterocycles. The third-order valence-electron chi connectivity index (χ3n) is 6.14. The number of pyridine rings is 1. The van der Waals surface area contributed by atoms with E-state index in [-0.39, 0.29) is 24.9 Å². The number of rotatable bonds is 4. The Balaban J connectivity index is 1.24. The number of nitrogens with zero attached hydrogens (tertiary/aromatic N) is 2. The molecule has 0 aliphatic carbocycles. The van der Waals surface area contributed by atoms with Crippen molar-refractivity contribution in [2.45, 2.75) is 30.8 Å². The van der Waals surface area contributed by atoms with Crippen LogP contribution in [-0.4, -0.2) is 70.9 Å². The number of hydrogen-bond acceptors (Lipinski definition) is 7. The topological polar surface area (TPSA) is 98.7 Å². The molecule has 8 nitrogen and oxygen atoms in total. The lowest BCUT2D eigenvalue weighted by molar-refractivity contribution is 0.00706. The number of aliphatic hydroxyl groups is 1. The minimum atomic E-state index is -0.624. The Morgan fingerprint density at radius 1 is 1.06 bits per heavy atom. The van der Waals surface area contributed by atoms with E-state index in [0.29, 0.717) is 41.1 Å². The predicted octanol–water partition coefficient (Wildman–Crippen LogP) is 2.99. The molecular formula is C23H22ClN3O5. The van der Waals surface area contributed by atoms with E-state index in [1.165, 1.54) is 11.1 Å². The van der Waals surface area contributed by atoms with Crippen molar-refractivity contribution >= 4 is 28.3 Å². The maximum atomic E-state index is 9.90. The van der Waals surface area contributed by atoms with Crippen LogP contribution in [0.4, 0.5) is 0 Å². The van der Waals surface area contributed by atoms with Gasteiger partial charge in [-0.3, -0.25) is 0 Å². The number of aromatic nitrogens is 3. The zero-order valence-electron chi connectivity index (χ0n) is 17.2. The van der Waals surface area contributed by atoms with Crippen LogP contribution >= 0.6 is 11.6 Å². The molecule has 2 N–H and O–H groups in total. The van der Waals surface area contributed by atoms with Crippen molar-refractivity contribution < 1.29 is 24.1 Å². The van der Waals surface area contributed by atoms with Crippen LogP contribution < -0.4 is 4.74 Å². The molecule has 9 heteroatoms. The van der Waals surface area contributed by atoms with E-state index in [1.54, 1.807) is 6.07 Å². The van der Waals surface area contributed by atoms with Gasteiger partial charge in [-0.05, 0) is 23.6 Å². The number of halogens is 1. The van der Waals surface area contributed by atoms with E-state index in [2.05, 4.69) is 33.2 Å². The summed E-state index contributed by atoms with van der Waals surface area (Å²) in [5.41, 5.74) is 5.25. The minimum absolute atomic E-state index is 0.250. The van der Waals surface area contributed by atoms with Crippen molar-refractivity contribution in [3.63, 3.8) is 0 Å². The highest BCUT2D eigenvalue weighted by molar-refractivity contribution is 6.33. The summed E-state index contributed by atoms with van der Waals surface area (Å²) in [5, 5.41) is 10.4. The second kappa shape index (κ2) is 8.13. The predicted molar refractivity (Wildman–Crippen MR) is 118 cm³/mol. The SMILES string of the molecule is O[C@@H]1CO[C@H]2C1OC[C@H]2Oc1nc2nc(-c3ccc(C4=CCOCC4)cc3)c(Cl)cc2[nH]1. The number of imidazole rings is 1. The average Bonchev–Trinajstić information content (AvgIpc) is 3.51. The van der Waals surface area contributed by atoms with Crippen molar-refractivity contribution in [1.82, 2.24) is 15.0 Å². The molecule has 166 valence electrons. The van der Waals surface area contributed by atoms with Gasteiger partial charge in [0.15, 0.2) is 11.8 Å². The number of hydrogen-bond donors (Lipinski definition) is 2. The molecule has 0 radical (unpaired) electrons. The van der Waals surface area contributed by atoms with Crippen LogP contribution in [-0.2, 0) is 14.2 Å². The molecule has 32 heavy (non-hydrogen) atoms. The molecule has 2 aromatic heterocycles. The Labute approximate surface area is 189 Å². The highest BCUT2D eigenvalue weighted by Crippen LogP contribution is 2.33. The number of ether oxygens (including phenoxy) is 4. The molecule has 0 spiro atoms. The van der Waals surface area contributed by atoms with Crippen molar-refractivity contribution in [1.29, 1.82) is 0 Å². The molecule has 2 fully saturated rings. The lowest BCUT2D eigenvalue weighted by Crippen LogP contribution is -2.34. The number of H-pyrrole nitrogens is 1. The van der Waals surface area contributed by atoms with Gasteiger partial charge in [0.05, 0.1) is 42.7 Å². The van der Waals surface area contributed by atoms with Gasteiger partial charge >= 0.3 is 0 Å². The molecule has 0 bridgehead atoms. The Hall–Kier alpha value is -2.49. The highest BCUT2D eigenvalue weighted by atomic mass is 35.5. The molecule has 1 unspecified atom stereocenters. The van der Waals surface area contributed by atoms with Gasteiger partial charge in [-0.2, -0.15) is 4.98 Å². The minimum Gasteiger partial charge on any atom is -0.456 e. The summed E-state index contributed by atoms with van der Waals surface area (Å²) in [5.74, 6) is 0. The summed E-state index contributed by atoms with van der Waals surface area (Å²) in [6.45, 7) is 1.99. The fourth-order valence-electron chi connectivity index (χ4n) is 4.47. The zero-order chi connectivity index (χ0) is 21.7. The van der Waals surface area contributed by atoms with E-state index in [9.17, 15) is 5.11 Å². The first-order chi connectivity index (χ1) is 15.7. The second-order valence-corrected chi connectivity index (χ2v) is 8.59. The summed E-state index contributed by atoms with van der Waals surface area (Å²) >= 11 is 6.55. The van der Waals surface area contributed by atoms with Gasteiger partial charge in [0, 0.05) is 5.56 Å². The van der Waals surface area contributed by atoms with Crippen LogP contribution in [0.15, 0.2) is 36.4 Å². The third-order valence-corrected chi connectivity index (χ3v) is 6.43.